The number of benzene rings is 2. The van der Waals surface area contributed by atoms with Crippen LogP contribution < -0.4 is 0 Å². The molecule has 0 saturated carbocycles. The normalized spacial score (nSPS) is 10.7. The highest BCUT2D eigenvalue weighted by Gasteiger charge is 1.98. The number of pyridine rings is 1. The summed E-state index contributed by atoms with van der Waals surface area (Å²) in [6, 6.07) is 21.8. The summed E-state index contributed by atoms with van der Waals surface area (Å²) in [5, 5.41) is 1.19. The summed E-state index contributed by atoms with van der Waals surface area (Å²) in [5.41, 5.74) is 2.28. The van der Waals surface area contributed by atoms with Crippen LogP contribution in [0, 0.1) is 6.07 Å². The van der Waals surface area contributed by atoms with Gasteiger partial charge < -0.3 is 0 Å². The smallest absolute Gasteiger partial charge is 0.0702 e. The van der Waals surface area contributed by atoms with Crippen molar-refractivity contribution >= 4 is 22.7 Å². The number of hydrogen-bond acceptors (Lipinski definition) is 2. The van der Waals surface area contributed by atoms with E-state index in [2.05, 4.69) is 47.4 Å². The van der Waals surface area contributed by atoms with E-state index < -0.39 is 0 Å². The third-order valence-corrected chi connectivity index (χ3v) is 3.78. The molecule has 2 heteroatoms. The van der Waals surface area contributed by atoms with E-state index in [0.717, 1.165) is 11.3 Å². The molecule has 2 aromatic carbocycles. The van der Waals surface area contributed by atoms with Crippen LogP contribution in [0.5, 0.6) is 0 Å². The number of rotatable bonds is 3. The molecule has 18 heavy (non-hydrogen) atoms. The van der Waals surface area contributed by atoms with Crippen molar-refractivity contribution in [2.45, 2.75) is 10.6 Å². The van der Waals surface area contributed by atoms with Crippen molar-refractivity contribution in [2.75, 3.05) is 0 Å². The Bertz CT molecular complexity index is 649. The molecule has 1 heterocycles. The van der Waals surface area contributed by atoms with Gasteiger partial charge in [-0.3, -0.25) is 4.98 Å². The Kier molecular flexibility index (Phi) is 3.29. The highest BCUT2D eigenvalue weighted by atomic mass is 32.2. The van der Waals surface area contributed by atoms with Gasteiger partial charge in [0.1, 0.15) is 0 Å². The molecule has 3 aromatic rings. The Morgan fingerprint density at radius 2 is 2.06 bits per heavy atom. The van der Waals surface area contributed by atoms with Gasteiger partial charge in [0.15, 0.2) is 0 Å². The molecule has 0 N–H and O–H groups in total. The van der Waals surface area contributed by atoms with E-state index in [1.807, 2.05) is 36.2 Å². The lowest BCUT2D eigenvalue weighted by molar-refractivity contribution is 1.36. The summed E-state index contributed by atoms with van der Waals surface area (Å²) in [6.07, 6.45) is 1.83. The van der Waals surface area contributed by atoms with E-state index in [9.17, 15) is 0 Å². The maximum Gasteiger partial charge on any atom is 0.0702 e. The summed E-state index contributed by atoms with van der Waals surface area (Å²) in [6.45, 7) is 0. The van der Waals surface area contributed by atoms with Crippen LogP contribution in [0.3, 0.4) is 0 Å². The Morgan fingerprint density at radius 3 is 2.94 bits per heavy atom. The van der Waals surface area contributed by atoms with Gasteiger partial charge >= 0.3 is 0 Å². The van der Waals surface area contributed by atoms with Crippen molar-refractivity contribution in [3.05, 3.63) is 72.4 Å². The molecular weight excluding hydrogens is 238 g/mol. The molecule has 0 amide bonds. The first-order valence-corrected chi connectivity index (χ1v) is 6.83. The summed E-state index contributed by atoms with van der Waals surface area (Å²) < 4.78 is 0. The van der Waals surface area contributed by atoms with Gasteiger partial charge in [-0.1, -0.05) is 30.3 Å². The highest BCUT2D eigenvalue weighted by molar-refractivity contribution is 7.98. The van der Waals surface area contributed by atoms with Crippen LogP contribution in [0.25, 0.3) is 10.9 Å². The van der Waals surface area contributed by atoms with E-state index in [-0.39, 0.29) is 0 Å². The van der Waals surface area contributed by atoms with Crippen molar-refractivity contribution < 1.29 is 0 Å². The topological polar surface area (TPSA) is 12.9 Å². The minimum absolute atomic E-state index is 0.951. The zero-order chi connectivity index (χ0) is 12.2. The second-order valence-electron chi connectivity index (χ2n) is 4.03. The number of aromatic nitrogens is 1. The summed E-state index contributed by atoms with van der Waals surface area (Å²) >= 11 is 1.83. The van der Waals surface area contributed by atoms with Gasteiger partial charge in [0, 0.05) is 22.2 Å². The Balaban J connectivity index is 1.79. The Hall–Kier alpha value is -1.80. The number of fused-ring (bicyclic) bond motifs is 1. The molecule has 0 aliphatic rings. The van der Waals surface area contributed by atoms with Crippen LogP contribution in [0.15, 0.2) is 65.7 Å². The highest BCUT2D eigenvalue weighted by Crippen LogP contribution is 2.25. The molecule has 0 bridgehead atoms. The number of nitrogens with zero attached hydrogens (tertiary/aromatic N) is 1. The van der Waals surface area contributed by atoms with Crippen LogP contribution in [0.2, 0.25) is 0 Å². The average Bonchev–Trinajstić information content (AvgIpc) is 2.46. The lowest BCUT2D eigenvalue weighted by Gasteiger charge is -2.03. The fourth-order valence-corrected chi connectivity index (χ4v) is 2.70. The fourth-order valence-electron chi connectivity index (χ4n) is 1.82. The van der Waals surface area contributed by atoms with Gasteiger partial charge in [-0.2, -0.15) is 0 Å². The van der Waals surface area contributed by atoms with Crippen molar-refractivity contribution in [3.63, 3.8) is 0 Å². The lowest BCUT2D eigenvalue weighted by Crippen LogP contribution is -1.81. The maximum absolute atomic E-state index is 4.33. The number of hydrogen-bond donors (Lipinski definition) is 0. The molecule has 0 aliphatic heterocycles. The molecule has 0 aliphatic carbocycles. The SMILES string of the molecule is [c]1ccccc1CSc1ccc2ncccc2c1. The van der Waals surface area contributed by atoms with E-state index in [1.165, 1.54) is 15.8 Å². The van der Waals surface area contributed by atoms with E-state index in [1.54, 1.807) is 0 Å². The van der Waals surface area contributed by atoms with Gasteiger partial charge in [0.05, 0.1) is 5.52 Å². The maximum atomic E-state index is 4.33. The second kappa shape index (κ2) is 5.23. The summed E-state index contributed by atoms with van der Waals surface area (Å²) in [7, 11) is 0. The van der Waals surface area contributed by atoms with Gasteiger partial charge in [-0.05, 0) is 35.9 Å². The monoisotopic (exact) mass is 250 g/mol. The van der Waals surface area contributed by atoms with Gasteiger partial charge in [0.2, 0.25) is 0 Å². The van der Waals surface area contributed by atoms with Crippen LogP contribution >= 0.6 is 11.8 Å². The predicted octanol–water partition coefficient (Wildman–Crippen LogP) is 4.33. The molecule has 1 radical (unpaired) electrons. The van der Waals surface area contributed by atoms with E-state index in [4.69, 9.17) is 0 Å². The van der Waals surface area contributed by atoms with Crippen molar-refractivity contribution in [2.24, 2.45) is 0 Å². The third-order valence-electron chi connectivity index (χ3n) is 2.74. The first-order chi connectivity index (χ1) is 8.92. The second-order valence-corrected chi connectivity index (χ2v) is 5.08. The van der Waals surface area contributed by atoms with Crippen LogP contribution in [0.1, 0.15) is 5.56 Å². The molecule has 0 saturated heterocycles. The lowest BCUT2D eigenvalue weighted by atomic mass is 10.2. The zero-order valence-corrected chi connectivity index (χ0v) is 10.7. The van der Waals surface area contributed by atoms with Crippen molar-refractivity contribution in [3.8, 4) is 0 Å². The van der Waals surface area contributed by atoms with E-state index in [0.29, 0.717) is 0 Å². The molecule has 0 unspecified atom stereocenters. The summed E-state index contributed by atoms with van der Waals surface area (Å²) in [4.78, 5) is 5.60. The standard InChI is InChI=1S/C16H12NS/c1-2-5-13(6-3-1)12-18-15-8-9-16-14(11-15)7-4-10-17-16/h1-5,7-11H,12H2. The fraction of sp³-hybridized carbons (Fsp3) is 0.0625. The largest absolute Gasteiger partial charge is 0.256 e. The predicted molar refractivity (Wildman–Crippen MR) is 76.6 cm³/mol. The van der Waals surface area contributed by atoms with Crippen molar-refractivity contribution in [1.29, 1.82) is 0 Å². The summed E-state index contributed by atoms with van der Waals surface area (Å²) in [5.74, 6) is 0.951. The van der Waals surface area contributed by atoms with E-state index >= 15 is 0 Å². The molecule has 0 atom stereocenters. The molecule has 1 nitrogen and oxygen atoms in total. The molecule has 0 fully saturated rings. The molecular formula is C16H12NS. The molecule has 1 aromatic heterocycles. The third kappa shape index (κ3) is 2.54. The molecule has 0 spiro atoms. The van der Waals surface area contributed by atoms with Crippen molar-refractivity contribution in [1.82, 2.24) is 4.98 Å². The molecule has 87 valence electrons. The van der Waals surface area contributed by atoms with Gasteiger partial charge in [0.25, 0.3) is 0 Å². The van der Waals surface area contributed by atoms with Gasteiger partial charge in [-0.15, -0.1) is 11.8 Å². The van der Waals surface area contributed by atoms with Gasteiger partial charge in [-0.25, -0.2) is 0 Å². The first-order valence-electron chi connectivity index (χ1n) is 5.85. The quantitative estimate of drug-likeness (QED) is 0.642. The minimum Gasteiger partial charge on any atom is -0.256 e. The Morgan fingerprint density at radius 1 is 1.06 bits per heavy atom. The minimum atomic E-state index is 0.951. The average molecular weight is 250 g/mol. The first kappa shape index (κ1) is 11.3. The molecule has 3 rings (SSSR count). The van der Waals surface area contributed by atoms with Crippen LogP contribution in [-0.4, -0.2) is 4.98 Å². The zero-order valence-electron chi connectivity index (χ0n) is 9.84. The Labute approximate surface area is 111 Å². The van der Waals surface area contributed by atoms with Crippen LogP contribution in [0.4, 0.5) is 0 Å². The van der Waals surface area contributed by atoms with Crippen LogP contribution in [-0.2, 0) is 5.75 Å². The number of thioether (sulfide) groups is 1.